The molecule has 1 aromatic carbocycles. The topological polar surface area (TPSA) is 158 Å². The highest BCUT2D eigenvalue weighted by molar-refractivity contribution is 6.06. The molecule has 0 aliphatic rings. The van der Waals surface area contributed by atoms with Crippen LogP contribution >= 0.6 is 0 Å². The van der Waals surface area contributed by atoms with Gasteiger partial charge in [-0.05, 0) is 52.8 Å². The van der Waals surface area contributed by atoms with Crippen LogP contribution in [0.1, 0.15) is 64.8 Å². The lowest BCUT2D eigenvalue weighted by Gasteiger charge is -2.19. The summed E-state index contributed by atoms with van der Waals surface area (Å²) in [5.74, 6) is 0.537. The van der Waals surface area contributed by atoms with E-state index >= 15 is 0 Å². The highest BCUT2D eigenvalue weighted by Crippen LogP contribution is 2.24. The van der Waals surface area contributed by atoms with E-state index in [-0.39, 0.29) is 24.5 Å². The van der Waals surface area contributed by atoms with E-state index in [1.807, 2.05) is 30.3 Å². The maximum absolute atomic E-state index is 13.2. The predicted molar refractivity (Wildman–Crippen MR) is 165 cm³/mol. The number of nitrogens with zero attached hydrogens (tertiary/aromatic N) is 6. The maximum Gasteiger partial charge on any atom is 0.408 e. The molecule has 4 heterocycles. The van der Waals surface area contributed by atoms with Crippen molar-refractivity contribution in [2.24, 2.45) is 14.1 Å². The second-order valence-corrected chi connectivity index (χ2v) is 11.4. The van der Waals surface area contributed by atoms with Gasteiger partial charge in [0.15, 0.2) is 0 Å². The number of carbonyl (C=O) groups is 3. The number of alkyl carbamates (subject to hydrolysis) is 1. The Kier molecular flexibility index (Phi) is 8.05. The van der Waals surface area contributed by atoms with Crippen molar-refractivity contribution >= 4 is 45.5 Å². The Bertz CT molecular complexity index is 1920. The molecule has 0 atom stereocenters. The fraction of sp³-hybridized carbons (Fsp3) is 0.323. The molecule has 3 N–H and O–H groups in total. The van der Waals surface area contributed by atoms with Crippen LogP contribution in [-0.2, 0) is 31.9 Å². The Morgan fingerprint density at radius 2 is 1.34 bits per heavy atom. The zero-order valence-electron chi connectivity index (χ0n) is 25.8. The highest BCUT2D eigenvalue weighted by Gasteiger charge is 2.22. The zero-order chi connectivity index (χ0) is 31.8. The van der Waals surface area contributed by atoms with E-state index in [4.69, 9.17) is 4.74 Å². The van der Waals surface area contributed by atoms with E-state index in [2.05, 4.69) is 35.9 Å². The maximum atomic E-state index is 13.2. The van der Waals surface area contributed by atoms with Gasteiger partial charge in [0.1, 0.15) is 34.5 Å². The number of anilines is 1. The summed E-state index contributed by atoms with van der Waals surface area (Å²) in [5, 5.41) is 10.2. The van der Waals surface area contributed by atoms with Gasteiger partial charge in [0.25, 0.3) is 11.8 Å². The van der Waals surface area contributed by atoms with Crippen LogP contribution in [0.2, 0.25) is 0 Å². The smallest absolute Gasteiger partial charge is 0.408 e. The molecule has 3 amide bonds. The second-order valence-electron chi connectivity index (χ2n) is 11.4. The number of amides is 3. The Morgan fingerprint density at radius 1 is 0.773 bits per heavy atom. The predicted octanol–water partition coefficient (Wildman–Crippen LogP) is 4.07. The number of carbonyl (C=O) groups excluding carboxylic acids is 3. The second kappa shape index (κ2) is 11.7. The molecular formula is C31H35N9O4. The quantitative estimate of drug-likeness (QED) is 0.237. The van der Waals surface area contributed by atoms with Crippen LogP contribution in [0, 0.1) is 13.8 Å². The monoisotopic (exact) mass is 597 g/mol. The van der Waals surface area contributed by atoms with E-state index in [9.17, 15) is 14.4 Å². The molecule has 0 radical (unpaired) electrons. The molecule has 0 unspecified atom stereocenters. The van der Waals surface area contributed by atoms with Crippen molar-refractivity contribution in [3.8, 4) is 0 Å². The minimum absolute atomic E-state index is 0.0663. The van der Waals surface area contributed by atoms with Crippen LogP contribution in [0.15, 0.2) is 42.6 Å². The van der Waals surface area contributed by atoms with Crippen molar-refractivity contribution in [3.63, 3.8) is 0 Å². The molecule has 5 aromatic rings. The first-order chi connectivity index (χ1) is 20.8. The molecule has 0 fully saturated rings. The van der Waals surface area contributed by atoms with Crippen molar-refractivity contribution in [2.75, 3.05) is 5.32 Å². The molecule has 4 aromatic heterocycles. The van der Waals surface area contributed by atoms with Crippen LogP contribution in [-0.4, -0.2) is 52.6 Å². The van der Waals surface area contributed by atoms with E-state index < -0.39 is 23.5 Å². The molecule has 0 saturated carbocycles. The van der Waals surface area contributed by atoms with Crippen LogP contribution in [0.3, 0.4) is 0 Å². The summed E-state index contributed by atoms with van der Waals surface area (Å²) in [4.78, 5) is 56.4. The van der Waals surface area contributed by atoms with Gasteiger partial charge >= 0.3 is 6.09 Å². The third-order valence-electron chi connectivity index (χ3n) is 7.25. The molecule has 5 rings (SSSR count). The van der Waals surface area contributed by atoms with E-state index in [1.165, 1.54) is 0 Å². The summed E-state index contributed by atoms with van der Waals surface area (Å²) in [6.07, 6.45) is 1.14. The van der Waals surface area contributed by atoms with Gasteiger partial charge in [0.2, 0.25) is 0 Å². The Balaban J connectivity index is 1.26. The third-order valence-corrected chi connectivity index (χ3v) is 7.25. The fourth-order valence-electron chi connectivity index (χ4n) is 4.70. The van der Waals surface area contributed by atoms with Gasteiger partial charge in [-0.1, -0.05) is 18.2 Å². The summed E-state index contributed by atoms with van der Waals surface area (Å²) >= 11 is 0. The van der Waals surface area contributed by atoms with Gasteiger partial charge in [-0.3, -0.25) is 14.6 Å². The van der Waals surface area contributed by atoms with Gasteiger partial charge in [0.05, 0.1) is 24.1 Å². The van der Waals surface area contributed by atoms with E-state index in [0.29, 0.717) is 34.4 Å². The van der Waals surface area contributed by atoms with Gasteiger partial charge in [0, 0.05) is 42.5 Å². The summed E-state index contributed by atoms with van der Waals surface area (Å²) in [7, 11) is 3.54. The molecule has 13 heteroatoms. The van der Waals surface area contributed by atoms with Gasteiger partial charge in [-0.2, -0.15) is 0 Å². The minimum Gasteiger partial charge on any atom is -0.444 e. The average Bonchev–Trinajstić information content (AvgIpc) is 3.43. The number of imidazole rings is 2. The minimum atomic E-state index is -0.628. The number of fused-ring (bicyclic) bond motifs is 3. The number of hydrogen-bond acceptors (Lipinski definition) is 8. The summed E-state index contributed by atoms with van der Waals surface area (Å²) in [6.45, 7) is 9.04. The van der Waals surface area contributed by atoms with E-state index in [0.717, 1.165) is 16.3 Å². The molecule has 0 aliphatic carbocycles. The highest BCUT2D eigenvalue weighted by atomic mass is 16.6. The molecule has 13 nitrogen and oxygen atoms in total. The van der Waals surface area contributed by atoms with Crippen LogP contribution in [0.25, 0.3) is 21.8 Å². The van der Waals surface area contributed by atoms with Gasteiger partial charge in [-0.15, -0.1) is 0 Å². The standard InChI is InChI=1S/C31H35N9O4/c1-17-24(37-23(39(17)6)16-34-30(43)44-31(3,4)5)28(41)33-15-22-38-25(18(2)40(22)7)29(42)36-21-13-12-20-11-10-19-9-8-14-32-26(19)27(20)35-21/h8-14H,15-16H2,1-7H3,(H,33,41)(H,34,43)(H,35,36,42). The average molecular weight is 598 g/mol. The van der Waals surface area contributed by atoms with Crippen molar-refractivity contribution in [1.82, 2.24) is 39.7 Å². The van der Waals surface area contributed by atoms with Gasteiger partial charge in [-0.25, -0.2) is 19.7 Å². The van der Waals surface area contributed by atoms with Gasteiger partial charge < -0.3 is 29.8 Å². The van der Waals surface area contributed by atoms with E-state index in [1.54, 1.807) is 70.1 Å². The lowest BCUT2D eigenvalue weighted by Crippen LogP contribution is -2.32. The molecular weight excluding hydrogens is 562 g/mol. The number of rotatable bonds is 7. The molecule has 0 aliphatic heterocycles. The normalized spacial score (nSPS) is 11.5. The number of benzene rings is 1. The first kappa shape index (κ1) is 30.1. The molecule has 0 bridgehead atoms. The Labute approximate surface area is 254 Å². The number of hydrogen-bond donors (Lipinski definition) is 3. The zero-order valence-corrected chi connectivity index (χ0v) is 25.8. The summed E-state index contributed by atoms with van der Waals surface area (Å²) < 4.78 is 8.75. The number of aromatic nitrogens is 6. The summed E-state index contributed by atoms with van der Waals surface area (Å²) in [6, 6.07) is 11.4. The van der Waals surface area contributed by atoms with Crippen molar-refractivity contribution in [1.29, 1.82) is 0 Å². The van der Waals surface area contributed by atoms with Crippen LogP contribution in [0.4, 0.5) is 10.6 Å². The molecule has 228 valence electrons. The number of nitrogens with one attached hydrogen (secondary N) is 3. The first-order valence-electron chi connectivity index (χ1n) is 14.1. The summed E-state index contributed by atoms with van der Waals surface area (Å²) in [5.41, 5.74) is 2.52. The molecule has 0 saturated heterocycles. The third kappa shape index (κ3) is 6.21. The Hall–Kier alpha value is -5.33. The van der Waals surface area contributed by atoms with Crippen LogP contribution < -0.4 is 16.0 Å². The molecule has 44 heavy (non-hydrogen) atoms. The fourth-order valence-corrected chi connectivity index (χ4v) is 4.70. The number of pyridine rings is 2. The molecule has 0 spiro atoms. The largest absolute Gasteiger partial charge is 0.444 e. The van der Waals surface area contributed by atoms with Crippen molar-refractivity contribution < 1.29 is 19.1 Å². The van der Waals surface area contributed by atoms with Crippen molar-refractivity contribution in [2.45, 2.75) is 53.3 Å². The van der Waals surface area contributed by atoms with Crippen molar-refractivity contribution in [3.05, 3.63) is 77.0 Å². The lowest BCUT2D eigenvalue weighted by atomic mass is 10.1. The first-order valence-corrected chi connectivity index (χ1v) is 14.1. The van der Waals surface area contributed by atoms with Crippen LogP contribution in [0.5, 0.6) is 0 Å². The Morgan fingerprint density at radius 3 is 1.98 bits per heavy atom. The number of ether oxygens (including phenoxy) is 1. The SMILES string of the molecule is Cc1c(C(=O)NCc2nc(C(=O)Nc3ccc4ccc5cccnc5c4n3)c(C)n2C)nc(CNC(=O)OC(C)(C)C)n1C. The lowest BCUT2D eigenvalue weighted by molar-refractivity contribution is 0.0521.